The van der Waals surface area contributed by atoms with Crippen LogP contribution in [0.15, 0.2) is 29.2 Å². The van der Waals surface area contributed by atoms with Gasteiger partial charge < -0.3 is 14.6 Å². The Balaban J connectivity index is 2.46. The fourth-order valence-electron chi connectivity index (χ4n) is 1.75. The number of hydrogen-bond donors (Lipinski definition) is 2. The Bertz CT molecular complexity index is 627. The van der Waals surface area contributed by atoms with E-state index in [9.17, 15) is 23.1 Å². The predicted molar refractivity (Wildman–Crippen MR) is 81.1 cm³/mol. The molecule has 0 fully saturated rings. The number of nitrogens with one attached hydrogen (secondary N) is 2. The van der Waals surface area contributed by atoms with Gasteiger partial charge in [0.2, 0.25) is 10.0 Å². The van der Waals surface area contributed by atoms with E-state index in [1.165, 1.54) is 31.4 Å². The molecule has 9 heteroatoms. The van der Waals surface area contributed by atoms with Crippen LogP contribution in [0.1, 0.15) is 25.7 Å². The van der Waals surface area contributed by atoms with Gasteiger partial charge in [-0.25, -0.2) is 17.9 Å². The van der Waals surface area contributed by atoms with Crippen LogP contribution < -0.4 is 15.1 Å². The molecule has 0 aliphatic carbocycles. The van der Waals surface area contributed by atoms with E-state index in [0.29, 0.717) is 24.9 Å². The maximum Gasteiger partial charge on any atom is 0.411 e. The van der Waals surface area contributed by atoms with Crippen LogP contribution >= 0.6 is 0 Å². The van der Waals surface area contributed by atoms with Crippen molar-refractivity contribution in [2.24, 2.45) is 0 Å². The van der Waals surface area contributed by atoms with Crippen LogP contribution in [-0.2, 0) is 19.6 Å². The molecule has 23 heavy (non-hydrogen) atoms. The standard InChI is InChI=1S/C14H20N2O6S/c1-22-14(19)16-11-6-8-12(9-7-11)23(20,21)15-10-4-2-3-5-13(17)18/h6-9,15H,2-5,10H2,1H3,(H,16,19)(H,17,18)/p-1. The number of benzene rings is 1. The molecule has 0 spiro atoms. The molecule has 1 aromatic rings. The number of rotatable bonds is 9. The smallest absolute Gasteiger partial charge is 0.411 e. The van der Waals surface area contributed by atoms with Crippen molar-refractivity contribution in [3.8, 4) is 0 Å². The third kappa shape index (κ3) is 7.11. The lowest BCUT2D eigenvalue weighted by molar-refractivity contribution is -0.305. The lowest BCUT2D eigenvalue weighted by Gasteiger charge is -2.08. The molecule has 0 bridgehead atoms. The predicted octanol–water partition coefficient (Wildman–Crippen LogP) is 0.453. The van der Waals surface area contributed by atoms with Crippen molar-refractivity contribution in [2.75, 3.05) is 19.0 Å². The van der Waals surface area contributed by atoms with Gasteiger partial charge in [0, 0.05) is 18.2 Å². The molecule has 0 radical (unpaired) electrons. The number of hydrogen-bond acceptors (Lipinski definition) is 6. The van der Waals surface area contributed by atoms with Gasteiger partial charge in [0.25, 0.3) is 0 Å². The van der Waals surface area contributed by atoms with Gasteiger partial charge in [-0.05, 0) is 43.5 Å². The number of sulfonamides is 1. The number of anilines is 1. The maximum atomic E-state index is 12.0. The minimum Gasteiger partial charge on any atom is -0.550 e. The van der Waals surface area contributed by atoms with E-state index in [1.807, 2.05) is 0 Å². The number of carboxylic acids is 1. The summed E-state index contributed by atoms with van der Waals surface area (Å²) in [7, 11) is -2.41. The minimum atomic E-state index is -3.64. The van der Waals surface area contributed by atoms with E-state index < -0.39 is 22.1 Å². The molecule has 0 aliphatic heterocycles. The molecule has 1 rings (SSSR count). The molecular weight excluding hydrogens is 324 g/mol. The lowest BCUT2D eigenvalue weighted by Crippen LogP contribution is -2.25. The summed E-state index contributed by atoms with van der Waals surface area (Å²) in [6.45, 7) is 0.220. The Labute approximate surface area is 134 Å². The minimum absolute atomic E-state index is 0.0264. The highest BCUT2D eigenvalue weighted by molar-refractivity contribution is 7.89. The molecule has 0 unspecified atom stereocenters. The number of methoxy groups -OCH3 is 1. The van der Waals surface area contributed by atoms with Crippen molar-refractivity contribution in [1.29, 1.82) is 0 Å². The molecule has 1 amide bonds. The summed E-state index contributed by atoms with van der Waals surface area (Å²) in [6, 6.07) is 5.63. The summed E-state index contributed by atoms with van der Waals surface area (Å²) in [5, 5.41) is 12.6. The number of amides is 1. The van der Waals surface area contributed by atoms with E-state index in [1.54, 1.807) is 0 Å². The van der Waals surface area contributed by atoms with Gasteiger partial charge in [-0.2, -0.15) is 0 Å². The van der Waals surface area contributed by atoms with Crippen LogP contribution in [0.5, 0.6) is 0 Å². The molecular formula is C14H19N2O6S-. The third-order valence-electron chi connectivity index (χ3n) is 2.95. The van der Waals surface area contributed by atoms with E-state index in [4.69, 9.17) is 0 Å². The number of ether oxygens (including phenoxy) is 1. The van der Waals surface area contributed by atoms with Crippen LogP contribution in [-0.4, -0.2) is 34.1 Å². The highest BCUT2D eigenvalue weighted by atomic mass is 32.2. The lowest BCUT2D eigenvalue weighted by atomic mass is 10.2. The Morgan fingerprint density at radius 1 is 1.13 bits per heavy atom. The van der Waals surface area contributed by atoms with Gasteiger partial charge in [-0.15, -0.1) is 0 Å². The molecule has 0 aliphatic rings. The summed E-state index contributed by atoms with van der Waals surface area (Å²) in [5.74, 6) is -1.11. The highest BCUT2D eigenvalue weighted by Gasteiger charge is 2.13. The Kier molecular flexibility index (Phi) is 7.49. The van der Waals surface area contributed by atoms with Crippen LogP contribution in [0, 0.1) is 0 Å². The third-order valence-corrected chi connectivity index (χ3v) is 4.42. The number of carbonyl (C=O) groups excluding carboxylic acids is 2. The summed E-state index contributed by atoms with van der Waals surface area (Å²) >= 11 is 0. The number of carbonyl (C=O) groups is 2. The van der Waals surface area contributed by atoms with Crippen molar-refractivity contribution < 1.29 is 27.9 Å². The Hall–Kier alpha value is -2.13. The average molecular weight is 343 g/mol. The van der Waals surface area contributed by atoms with Crippen molar-refractivity contribution in [3.05, 3.63) is 24.3 Å². The van der Waals surface area contributed by atoms with Crippen LogP contribution in [0.25, 0.3) is 0 Å². The summed E-state index contributed by atoms with van der Waals surface area (Å²) in [6.07, 6.45) is 0.919. The van der Waals surface area contributed by atoms with E-state index in [-0.39, 0.29) is 17.9 Å². The topological polar surface area (TPSA) is 125 Å². The highest BCUT2D eigenvalue weighted by Crippen LogP contribution is 2.14. The Morgan fingerprint density at radius 2 is 1.78 bits per heavy atom. The molecule has 2 N–H and O–H groups in total. The first-order valence-electron chi connectivity index (χ1n) is 6.99. The SMILES string of the molecule is COC(=O)Nc1ccc(S(=O)(=O)NCCCCCC(=O)[O-])cc1. The first-order chi connectivity index (χ1) is 10.8. The van der Waals surface area contributed by atoms with Gasteiger partial charge in [0.1, 0.15) is 0 Å². The van der Waals surface area contributed by atoms with Gasteiger partial charge in [-0.1, -0.05) is 6.42 Å². The van der Waals surface area contributed by atoms with E-state index in [0.717, 1.165) is 0 Å². The number of unbranched alkanes of at least 4 members (excludes halogenated alkanes) is 2. The van der Waals surface area contributed by atoms with Crippen molar-refractivity contribution in [2.45, 2.75) is 30.6 Å². The summed E-state index contributed by atoms with van der Waals surface area (Å²) < 4.78 is 30.9. The first-order valence-corrected chi connectivity index (χ1v) is 8.48. The zero-order valence-electron chi connectivity index (χ0n) is 12.7. The average Bonchev–Trinajstić information content (AvgIpc) is 2.51. The van der Waals surface area contributed by atoms with Gasteiger partial charge in [0.05, 0.1) is 12.0 Å². The zero-order chi connectivity index (χ0) is 17.3. The number of carboxylic acid groups (broad SMARTS) is 1. The molecule has 8 nitrogen and oxygen atoms in total. The molecule has 0 saturated heterocycles. The normalized spacial score (nSPS) is 11.0. The van der Waals surface area contributed by atoms with Crippen molar-refractivity contribution >= 4 is 27.8 Å². The molecule has 0 atom stereocenters. The monoisotopic (exact) mass is 343 g/mol. The molecule has 1 aromatic carbocycles. The maximum absolute atomic E-state index is 12.0. The quantitative estimate of drug-likeness (QED) is 0.627. The van der Waals surface area contributed by atoms with Gasteiger partial charge >= 0.3 is 6.09 Å². The summed E-state index contributed by atoms with van der Waals surface area (Å²) in [4.78, 5) is 21.3. The molecule has 0 aromatic heterocycles. The van der Waals surface area contributed by atoms with Crippen LogP contribution in [0.4, 0.5) is 10.5 Å². The molecule has 0 saturated carbocycles. The number of aliphatic carboxylic acids is 1. The van der Waals surface area contributed by atoms with E-state index in [2.05, 4.69) is 14.8 Å². The fourth-order valence-corrected chi connectivity index (χ4v) is 2.82. The molecule has 128 valence electrons. The second kappa shape index (κ2) is 9.11. The fraction of sp³-hybridized carbons (Fsp3) is 0.429. The zero-order valence-corrected chi connectivity index (χ0v) is 13.5. The van der Waals surface area contributed by atoms with Crippen molar-refractivity contribution in [1.82, 2.24) is 4.72 Å². The van der Waals surface area contributed by atoms with Crippen molar-refractivity contribution in [3.63, 3.8) is 0 Å². The second-order valence-electron chi connectivity index (χ2n) is 4.72. The van der Waals surface area contributed by atoms with Gasteiger partial charge in [0.15, 0.2) is 0 Å². The van der Waals surface area contributed by atoms with E-state index >= 15 is 0 Å². The second-order valence-corrected chi connectivity index (χ2v) is 6.49. The molecule has 0 heterocycles. The first kappa shape index (κ1) is 18.9. The Morgan fingerprint density at radius 3 is 2.35 bits per heavy atom. The largest absolute Gasteiger partial charge is 0.550 e. The summed E-state index contributed by atoms with van der Waals surface area (Å²) in [5.41, 5.74) is 0.415. The van der Waals surface area contributed by atoms with Crippen LogP contribution in [0.3, 0.4) is 0 Å². The van der Waals surface area contributed by atoms with Crippen LogP contribution in [0.2, 0.25) is 0 Å². The van der Waals surface area contributed by atoms with Gasteiger partial charge in [-0.3, -0.25) is 5.32 Å².